The molecule has 1 aromatic heterocycles. The summed E-state index contributed by atoms with van der Waals surface area (Å²) in [7, 11) is 1.31. The molecule has 1 unspecified atom stereocenters. The van der Waals surface area contributed by atoms with Crippen LogP contribution in [0.15, 0.2) is 78.9 Å². The number of benzene rings is 3. The van der Waals surface area contributed by atoms with Crippen molar-refractivity contribution in [3.63, 3.8) is 0 Å². The average Bonchev–Trinajstić information content (AvgIpc) is 3.34. The van der Waals surface area contributed by atoms with Crippen LogP contribution < -0.4 is 10.6 Å². The van der Waals surface area contributed by atoms with E-state index in [4.69, 9.17) is 28.2 Å². The Kier molecular flexibility index (Phi) is 8.05. The van der Waals surface area contributed by atoms with Crippen LogP contribution in [0.25, 0.3) is 11.3 Å². The van der Waals surface area contributed by atoms with Gasteiger partial charge in [0.25, 0.3) is 0 Å². The number of carbonyl (C=O) groups excluding carboxylic acids is 2. The molecule has 3 amide bonds. The van der Waals surface area contributed by atoms with Gasteiger partial charge in [0.15, 0.2) is 0 Å². The van der Waals surface area contributed by atoms with E-state index in [1.54, 1.807) is 17.0 Å². The summed E-state index contributed by atoms with van der Waals surface area (Å²) < 4.78 is 4.64. The molecule has 2 atom stereocenters. The molecule has 1 aliphatic heterocycles. The van der Waals surface area contributed by atoms with Crippen LogP contribution in [-0.2, 0) is 11.2 Å². The minimum Gasteiger partial charge on any atom is -0.453 e. The van der Waals surface area contributed by atoms with E-state index >= 15 is 0 Å². The number of nitrogens with zero attached hydrogens (tertiary/aromatic N) is 2. The number of hydrogen-bond donors (Lipinski definition) is 3. The minimum absolute atomic E-state index is 0.127. The highest BCUT2D eigenvalue weighted by molar-refractivity contribution is 6.32. The zero-order valence-electron chi connectivity index (χ0n) is 21.2. The normalized spacial score (nSPS) is 15.9. The second kappa shape index (κ2) is 11.8. The third-order valence-corrected chi connectivity index (χ3v) is 7.21. The lowest BCUT2D eigenvalue weighted by atomic mass is 9.99. The van der Waals surface area contributed by atoms with Crippen molar-refractivity contribution in [2.24, 2.45) is 0 Å². The number of H-pyrrole nitrogens is 1. The molecule has 1 aliphatic rings. The number of nitrogens with one attached hydrogen (secondary N) is 3. The summed E-state index contributed by atoms with van der Waals surface area (Å²) in [5, 5.41) is 6.76. The predicted molar refractivity (Wildman–Crippen MR) is 152 cm³/mol. The van der Waals surface area contributed by atoms with E-state index in [1.807, 2.05) is 66.7 Å². The van der Waals surface area contributed by atoms with Crippen LogP contribution in [0.4, 0.5) is 15.3 Å². The fourth-order valence-electron chi connectivity index (χ4n) is 4.73. The highest BCUT2D eigenvalue weighted by Crippen LogP contribution is 2.34. The van der Waals surface area contributed by atoms with Crippen LogP contribution in [-0.4, -0.2) is 40.6 Å². The monoisotopic (exact) mass is 563 g/mol. The summed E-state index contributed by atoms with van der Waals surface area (Å²) >= 11 is 12.8. The van der Waals surface area contributed by atoms with E-state index in [0.29, 0.717) is 46.8 Å². The van der Waals surface area contributed by atoms with Gasteiger partial charge in [-0.05, 0) is 41.8 Å². The molecule has 0 radical (unpaired) electrons. The first-order valence-corrected chi connectivity index (χ1v) is 13.2. The summed E-state index contributed by atoms with van der Waals surface area (Å²) in [6.07, 6.45) is 0.721. The molecule has 3 N–H and O–H groups in total. The molecule has 200 valence electrons. The van der Waals surface area contributed by atoms with E-state index in [0.717, 1.165) is 16.7 Å². The Morgan fingerprint density at radius 2 is 1.87 bits per heavy atom. The molecule has 0 aliphatic carbocycles. The van der Waals surface area contributed by atoms with Crippen molar-refractivity contribution in [3.8, 4) is 11.3 Å². The maximum absolute atomic E-state index is 13.4. The second-order valence-electron chi connectivity index (χ2n) is 9.22. The van der Waals surface area contributed by atoms with E-state index in [9.17, 15) is 9.59 Å². The van der Waals surface area contributed by atoms with Gasteiger partial charge in [-0.1, -0.05) is 77.8 Å². The van der Waals surface area contributed by atoms with Gasteiger partial charge in [0.2, 0.25) is 0 Å². The largest absolute Gasteiger partial charge is 0.453 e. The van der Waals surface area contributed by atoms with E-state index in [1.165, 1.54) is 7.11 Å². The number of imidazole rings is 1. The predicted octanol–water partition coefficient (Wildman–Crippen LogP) is 7.00. The minimum atomic E-state index is -0.552. The number of ether oxygens (including phenoxy) is 1. The number of aromatic nitrogens is 2. The zero-order valence-corrected chi connectivity index (χ0v) is 22.7. The van der Waals surface area contributed by atoms with Gasteiger partial charge in [0.1, 0.15) is 16.7 Å². The summed E-state index contributed by atoms with van der Waals surface area (Å²) in [6.45, 7) is 0.530. The standard InChI is InChI=1S/C29H27Cl2N5O3/c1-39-29(38)32-22-12-10-19(11-13-22)25-26(31)35-27(34-25)24(16-18-6-3-2-4-7-18)36-15-14-23(33-28(36)37)20-8-5-9-21(30)17-20/h2-13,17,23-24H,14-16H2,1H3,(H,32,38)(H,33,37)(H,34,35)/t23?,24-/m0/s1. The quantitative estimate of drug-likeness (QED) is 0.225. The van der Waals surface area contributed by atoms with Crippen molar-refractivity contribution < 1.29 is 14.3 Å². The van der Waals surface area contributed by atoms with Gasteiger partial charge < -0.3 is 19.9 Å². The van der Waals surface area contributed by atoms with E-state index in [2.05, 4.69) is 20.4 Å². The highest BCUT2D eigenvalue weighted by Gasteiger charge is 2.34. The molecule has 3 aromatic carbocycles. The first-order valence-electron chi connectivity index (χ1n) is 12.5. The van der Waals surface area contributed by atoms with Gasteiger partial charge in [-0.3, -0.25) is 5.32 Å². The van der Waals surface area contributed by atoms with Crippen molar-refractivity contribution in [1.29, 1.82) is 0 Å². The van der Waals surface area contributed by atoms with E-state index < -0.39 is 6.09 Å². The molecule has 0 saturated carbocycles. The third kappa shape index (κ3) is 6.19. The Morgan fingerprint density at radius 3 is 2.56 bits per heavy atom. The number of halogens is 2. The summed E-state index contributed by atoms with van der Waals surface area (Å²) in [6, 6.07) is 24.0. The maximum atomic E-state index is 13.4. The lowest BCUT2D eigenvalue weighted by molar-refractivity contribution is 0.146. The Balaban J connectivity index is 1.41. The lowest BCUT2D eigenvalue weighted by Gasteiger charge is -2.37. The molecule has 0 spiro atoms. The van der Waals surface area contributed by atoms with Gasteiger partial charge in [-0.15, -0.1) is 0 Å². The number of rotatable bonds is 7. The molecule has 39 heavy (non-hydrogen) atoms. The van der Waals surface area contributed by atoms with Crippen molar-refractivity contribution >= 4 is 41.0 Å². The molecule has 2 heterocycles. The number of amides is 3. The summed E-state index contributed by atoms with van der Waals surface area (Å²) in [4.78, 5) is 34.8. The number of aromatic amines is 1. The molecule has 1 saturated heterocycles. The molecule has 0 bridgehead atoms. The third-order valence-electron chi connectivity index (χ3n) is 6.70. The molecule has 8 nitrogen and oxygen atoms in total. The molecule has 10 heteroatoms. The van der Waals surface area contributed by atoms with Gasteiger partial charge in [-0.25, -0.2) is 14.6 Å². The van der Waals surface area contributed by atoms with Crippen molar-refractivity contribution in [2.45, 2.75) is 24.9 Å². The highest BCUT2D eigenvalue weighted by atomic mass is 35.5. The average molecular weight is 564 g/mol. The van der Waals surface area contributed by atoms with Crippen molar-refractivity contribution in [2.75, 3.05) is 19.0 Å². The SMILES string of the molecule is COC(=O)Nc1ccc(-c2nc([C@H](Cc3ccccc3)N3CCC(c4cccc(Cl)c4)NC3=O)[nH]c2Cl)cc1. The first-order chi connectivity index (χ1) is 18.9. The molecule has 5 rings (SSSR count). The Labute approximate surface area is 236 Å². The van der Waals surface area contributed by atoms with Crippen LogP contribution >= 0.6 is 23.2 Å². The van der Waals surface area contributed by atoms with Crippen molar-refractivity contribution in [1.82, 2.24) is 20.2 Å². The number of methoxy groups -OCH3 is 1. The number of urea groups is 1. The van der Waals surface area contributed by atoms with E-state index in [-0.39, 0.29) is 18.1 Å². The second-order valence-corrected chi connectivity index (χ2v) is 10.0. The van der Waals surface area contributed by atoms with Crippen LogP contribution in [0.1, 0.15) is 35.5 Å². The van der Waals surface area contributed by atoms with Gasteiger partial charge in [0.05, 0.1) is 19.2 Å². The zero-order chi connectivity index (χ0) is 27.4. The first kappa shape index (κ1) is 26.6. The van der Waals surface area contributed by atoms with Crippen molar-refractivity contribution in [3.05, 3.63) is 106 Å². The van der Waals surface area contributed by atoms with Gasteiger partial charge in [0, 0.05) is 29.2 Å². The number of anilines is 1. The van der Waals surface area contributed by atoms with Crippen LogP contribution in [0, 0.1) is 0 Å². The maximum Gasteiger partial charge on any atom is 0.411 e. The van der Waals surface area contributed by atoms with Crippen LogP contribution in [0.2, 0.25) is 10.2 Å². The number of hydrogen-bond acceptors (Lipinski definition) is 4. The Morgan fingerprint density at radius 1 is 1.10 bits per heavy atom. The summed E-state index contributed by atoms with van der Waals surface area (Å²) in [5.41, 5.74) is 3.95. The fourth-order valence-corrected chi connectivity index (χ4v) is 5.18. The Hall–Kier alpha value is -4.01. The molecular weight excluding hydrogens is 537 g/mol. The van der Waals surface area contributed by atoms with Gasteiger partial charge >= 0.3 is 12.1 Å². The van der Waals surface area contributed by atoms with Crippen LogP contribution in [0.5, 0.6) is 0 Å². The molecule has 4 aromatic rings. The number of carbonyl (C=O) groups is 2. The molecule has 1 fully saturated rings. The Bertz CT molecular complexity index is 1460. The van der Waals surface area contributed by atoms with Crippen LogP contribution in [0.3, 0.4) is 0 Å². The summed E-state index contributed by atoms with van der Waals surface area (Å²) in [5.74, 6) is 0.590. The topological polar surface area (TPSA) is 99.3 Å². The smallest absolute Gasteiger partial charge is 0.411 e. The van der Waals surface area contributed by atoms with Gasteiger partial charge in [-0.2, -0.15) is 0 Å². The molecular formula is C29H27Cl2N5O3. The fraction of sp³-hybridized carbons (Fsp3) is 0.207. The lowest BCUT2D eigenvalue weighted by Crippen LogP contribution is -2.50.